The molecule has 5 atom stereocenters. The van der Waals surface area contributed by atoms with Crippen molar-refractivity contribution in [2.45, 2.75) is 83.2 Å². The van der Waals surface area contributed by atoms with Crippen molar-refractivity contribution < 1.29 is 14.3 Å². The fourth-order valence-corrected chi connectivity index (χ4v) is 5.58. The predicted molar refractivity (Wildman–Crippen MR) is 135 cm³/mol. The van der Waals surface area contributed by atoms with E-state index in [1.165, 1.54) is 0 Å². The van der Waals surface area contributed by atoms with Gasteiger partial charge in [0.2, 0.25) is 0 Å². The summed E-state index contributed by atoms with van der Waals surface area (Å²) in [5.41, 5.74) is 7.32. The summed E-state index contributed by atoms with van der Waals surface area (Å²) in [7, 11) is 1.67. The van der Waals surface area contributed by atoms with E-state index in [1.54, 1.807) is 13.3 Å². The SMILES string of the molecule is COc1ccnc2cc(NC3CC(C)NN3)nc(NC3C[C@H]4CC[C@@H](C3)N4C(=O)OCC(C)C)c12. The van der Waals surface area contributed by atoms with Gasteiger partial charge < -0.3 is 25.0 Å². The number of methoxy groups -OCH3 is 1. The number of aromatic nitrogens is 2. The van der Waals surface area contributed by atoms with Crippen molar-refractivity contribution in [1.82, 2.24) is 25.7 Å². The van der Waals surface area contributed by atoms with Crippen LogP contribution < -0.4 is 26.2 Å². The highest BCUT2D eigenvalue weighted by Gasteiger charge is 2.44. The Bertz CT molecular complexity index is 1050. The number of carbonyl (C=O) groups excluding carboxylic acids is 1. The number of carbonyl (C=O) groups is 1. The van der Waals surface area contributed by atoms with Crippen molar-refractivity contribution in [3.8, 4) is 5.75 Å². The highest BCUT2D eigenvalue weighted by atomic mass is 16.6. The number of nitrogens with zero attached hydrogens (tertiary/aromatic N) is 3. The summed E-state index contributed by atoms with van der Waals surface area (Å²) >= 11 is 0. The molecule has 10 heteroatoms. The van der Waals surface area contributed by atoms with Gasteiger partial charge in [0.25, 0.3) is 0 Å². The van der Waals surface area contributed by atoms with Crippen molar-refractivity contribution >= 4 is 28.6 Å². The molecular weight excluding hydrogens is 446 g/mol. The molecule has 2 bridgehead atoms. The predicted octanol–water partition coefficient (Wildman–Crippen LogP) is 3.46. The smallest absolute Gasteiger partial charge is 0.410 e. The van der Waals surface area contributed by atoms with Crippen LogP contribution in [0.2, 0.25) is 0 Å². The first-order valence-electron chi connectivity index (χ1n) is 12.7. The van der Waals surface area contributed by atoms with Crippen LogP contribution >= 0.6 is 0 Å². The second kappa shape index (κ2) is 10.0. The quantitative estimate of drug-likeness (QED) is 0.470. The fraction of sp³-hybridized carbons (Fsp3) is 0.640. The average molecular weight is 484 g/mol. The first-order chi connectivity index (χ1) is 16.9. The molecule has 5 heterocycles. The summed E-state index contributed by atoms with van der Waals surface area (Å²) in [5, 5.41) is 8.05. The van der Waals surface area contributed by atoms with Gasteiger partial charge in [-0.05, 0) is 51.0 Å². The molecule has 3 unspecified atom stereocenters. The van der Waals surface area contributed by atoms with E-state index in [4.69, 9.17) is 14.5 Å². The maximum Gasteiger partial charge on any atom is 0.410 e. The Morgan fingerprint density at radius 2 is 1.97 bits per heavy atom. The van der Waals surface area contributed by atoms with Crippen LogP contribution in [0, 0.1) is 5.92 Å². The second-order valence-corrected chi connectivity index (χ2v) is 10.5. The van der Waals surface area contributed by atoms with Crippen LogP contribution in [0.25, 0.3) is 10.9 Å². The third-order valence-corrected chi connectivity index (χ3v) is 7.14. The first-order valence-corrected chi connectivity index (χ1v) is 12.7. The number of anilines is 2. The molecule has 3 saturated heterocycles. The van der Waals surface area contributed by atoms with Crippen molar-refractivity contribution in [3.05, 3.63) is 18.3 Å². The molecule has 4 N–H and O–H groups in total. The summed E-state index contributed by atoms with van der Waals surface area (Å²) < 4.78 is 11.2. The number of nitrogens with one attached hydrogen (secondary N) is 4. The van der Waals surface area contributed by atoms with Crippen molar-refractivity contribution in [1.29, 1.82) is 0 Å². The lowest BCUT2D eigenvalue weighted by molar-refractivity contribution is 0.0603. The zero-order chi connectivity index (χ0) is 24.5. The van der Waals surface area contributed by atoms with Gasteiger partial charge in [0.05, 0.1) is 30.8 Å². The number of rotatable bonds is 7. The highest BCUT2D eigenvalue weighted by Crippen LogP contribution is 2.39. The number of fused-ring (bicyclic) bond motifs is 3. The molecule has 5 rings (SSSR count). The molecule has 3 fully saturated rings. The summed E-state index contributed by atoms with van der Waals surface area (Å²) in [6.45, 7) is 6.72. The molecule has 2 aromatic rings. The van der Waals surface area contributed by atoms with E-state index < -0.39 is 0 Å². The molecular formula is C25H37N7O3. The van der Waals surface area contributed by atoms with E-state index in [9.17, 15) is 4.79 Å². The number of amides is 1. The largest absolute Gasteiger partial charge is 0.496 e. The van der Waals surface area contributed by atoms with Crippen LogP contribution in [0.15, 0.2) is 18.3 Å². The molecule has 0 saturated carbocycles. The van der Waals surface area contributed by atoms with Gasteiger partial charge in [0.15, 0.2) is 0 Å². The van der Waals surface area contributed by atoms with Crippen LogP contribution in [0.4, 0.5) is 16.4 Å². The van der Waals surface area contributed by atoms with E-state index in [1.807, 2.05) is 17.0 Å². The minimum atomic E-state index is -0.169. The van der Waals surface area contributed by atoms with E-state index in [0.29, 0.717) is 18.6 Å². The second-order valence-electron chi connectivity index (χ2n) is 10.5. The van der Waals surface area contributed by atoms with Crippen molar-refractivity contribution in [2.75, 3.05) is 24.4 Å². The molecule has 35 heavy (non-hydrogen) atoms. The van der Waals surface area contributed by atoms with Gasteiger partial charge in [0.1, 0.15) is 17.4 Å². The lowest BCUT2D eigenvalue weighted by Crippen LogP contribution is -2.50. The van der Waals surface area contributed by atoms with E-state index in [2.05, 4.69) is 47.2 Å². The molecule has 10 nitrogen and oxygen atoms in total. The Labute approximate surface area is 206 Å². The van der Waals surface area contributed by atoms with Crippen LogP contribution in [-0.2, 0) is 4.74 Å². The van der Waals surface area contributed by atoms with E-state index in [0.717, 1.165) is 60.4 Å². The number of hydrazine groups is 1. The normalized spacial score (nSPS) is 27.9. The maximum absolute atomic E-state index is 12.7. The molecule has 3 aliphatic rings. The summed E-state index contributed by atoms with van der Waals surface area (Å²) in [6.07, 6.45) is 6.38. The van der Waals surface area contributed by atoms with Gasteiger partial charge >= 0.3 is 6.09 Å². The third kappa shape index (κ3) is 5.08. The lowest BCUT2D eigenvalue weighted by Gasteiger charge is -2.38. The van der Waals surface area contributed by atoms with Crippen LogP contribution in [0.1, 0.15) is 52.9 Å². The average Bonchev–Trinajstić information content (AvgIpc) is 3.36. The number of pyridine rings is 2. The van der Waals surface area contributed by atoms with Gasteiger partial charge in [-0.1, -0.05) is 13.8 Å². The lowest BCUT2D eigenvalue weighted by atomic mass is 9.97. The van der Waals surface area contributed by atoms with Gasteiger partial charge in [-0.25, -0.2) is 15.2 Å². The van der Waals surface area contributed by atoms with Crippen LogP contribution in [-0.4, -0.2) is 65.0 Å². The van der Waals surface area contributed by atoms with Gasteiger partial charge in [-0.3, -0.25) is 10.4 Å². The third-order valence-electron chi connectivity index (χ3n) is 7.14. The zero-order valence-corrected chi connectivity index (χ0v) is 21.0. The minimum absolute atomic E-state index is 0.0874. The molecule has 2 aromatic heterocycles. The molecule has 3 aliphatic heterocycles. The number of hydrogen-bond donors (Lipinski definition) is 4. The van der Waals surface area contributed by atoms with Gasteiger partial charge in [0, 0.05) is 36.4 Å². The molecule has 0 aliphatic carbocycles. The summed E-state index contributed by atoms with van der Waals surface area (Å²) in [4.78, 5) is 24.3. The number of ether oxygens (including phenoxy) is 2. The monoisotopic (exact) mass is 483 g/mol. The Hall–Kier alpha value is -2.85. The van der Waals surface area contributed by atoms with Crippen molar-refractivity contribution in [2.24, 2.45) is 5.92 Å². The number of hydrogen-bond acceptors (Lipinski definition) is 9. The fourth-order valence-electron chi connectivity index (χ4n) is 5.58. The molecule has 0 aromatic carbocycles. The zero-order valence-electron chi connectivity index (χ0n) is 21.0. The summed E-state index contributed by atoms with van der Waals surface area (Å²) in [6, 6.07) is 4.79. The Kier molecular flexibility index (Phi) is 6.84. The standard InChI is InChI=1S/C25H37N7O3/c1-14(2)13-35-25(33)32-17-5-6-18(32)11-16(10-17)27-24-23-19(26-8-7-20(23)34-4)12-21(29-24)28-22-9-15(3)30-31-22/h7-8,12,14-18,22,30-31H,5-6,9-11,13H2,1-4H3,(H2,27,28,29)/t15?,16?,17-,18+,22?. The van der Waals surface area contributed by atoms with E-state index >= 15 is 0 Å². The van der Waals surface area contributed by atoms with Crippen molar-refractivity contribution in [3.63, 3.8) is 0 Å². The molecule has 190 valence electrons. The Balaban J connectivity index is 1.36. The topological polar surface area (TPSA) is 113 Å². The first kappa shape index (κ1) is 23.9. The number of piperidine rings is 1. The maximum atomic E-state index is 12.7. The highest BCUT2D eigenvalue weighted by molar-refractivity contribution is 5.96. The van der Waals surface area contributed by atoms with Crippen LogP contribution in [0.3, 0.4) is 0 Å². The van der Waals surface area contributed by atoms with E-state index in [-0.39, 0.29) is 30.4 Å². The Morgan fingerprint density at radius 3 is 2.63 bits per heavy atom. The molecule has 0 spiro atoms. The van der Waals surface area contributed by atoms with Crippen LogP contribution in [0.5, 0.6) is 5.75 Å². The van der Waals surface area contributed by atoms with Gasteiger partial charge in [-0.15, -0.1) is 0 Å². The Morgan fingerprint density at radius 1 is 1.20 bits per heavy atom. The molecule has 0 radical (unpaired) electrons. The molecule has 1 amide bonds. The van der Waals surface area contributed by atoms with Gasteiger partial charge in [-0.2, -0.15) is 0 Å². The summed E-state index contributed by atoms with van der Waals surface area (Å²) in [5.74, 6) is 2.59. The minimum Gasteiger partial charge on any atom is -0.496 e.